The number of anilines is 1. The van der Waals surface area contributed by atoms with Gasteiger partial charge in [0, 0.05) is 27.8 Å². The van der Waals surface area contributed by atoms with Gasteiger partial charge in [-0.05, 0) is 25.1 Å². The minimum atomic E-state index is -0.343. The van der Waals surface area contributed by atoms with Crippen molar-refractivity contribution in [2.45, 2.75) is 6.92 Å². The van der Waals surface area contributed by atoms with E-state index in [1.54, 1.807) is 37.3 Å². The second-order valence-corrected chi connectivity index (χ2v) is 4.60. The zero-order valence-corrected chi connectivity index (χ0v) is 11.5. The van der Waals surface area contributed by atoms with Crippen LogP contribution in [0.25, 0.3) is 6.08 Å². The summed E-state index contributed by atoms with van der Waals surface area (Å²) in [6.07, 6.45) is 2.88. The lowest BCUT2D eigenvalue weighted by atomic mass is 10.2. The van der Waals surface area contributed by atoms with Crippen LogP contribution in [0.3, 0.4) is 0 Å². The first-order valence-electron chi connectivity index (χ1n) is 5.42. The first kappa shape index (κ1) is 13.6. The number of amides is 1. The van der Waals surface area contributed by atoms with E-state index in [2.05, 4.69) is 10.5 Å². The van der Waals surface area contributed by atoms with Gasteiger partial charge in [0.2, 0.25) is 5.91 Å². The fraction of sp³-hybridized carbons (Fsp3) is 0.0769. The van der Waals surface area contributed by atoms with Gasteiger partial charge in [-0.25, -0.2) is 0 Å². The molecule has 0 spiro atoms. The molecule has 1 aromatic heterocycles. The Morgan fingerprint density at radius 3 is 2.63 bits per heavy atom. The third-order valence-electron chi connectivity index (χ3n) is 2.28. The van der Waals surface area contributed by atoms with Gasteiger partial charge in [-0.3, -0.25) is 4.79 Å². The van der Waals surface area contributed by atoms with E-state index in [-0.39, 0.29) is 5.91 Å². The Bertz CT molecular complexity index is 615. The number of halogens is 2. The Morgan fingerprint density at radius 1 is 1.37 bits per heavy atom. The minimum absolute atomic E-state index is 0.343. The molecular formula is C13H10Cl2N2O2. The van der Waals surface area contributed by atoms with Crippen molar-refractivity contribution in [3.05, 3.63) is 51.7 Å². The third kappa shape index (κ3) is 3.59. The second kappa shape index (κ2) is 5.91. The van der Waals surface area contributed by atoms with Crippen molar-refractivity contribution in [2.24, 2.45) is 0 Å². The van der Waals surface area contributed by atoms with Crippen molar-refractivity contribution < 1.29 is 9.32 Å². The van der Waals surface area contributed by atoms with Crippen LogP contribution in [0.4, 0.5) is 5.82 Å². The highest BCUT2D eigenvalue weighted by molar-refractivity contribution is 6.37. The SMILES string of the molecule is Cc1cc(NC(=O)C=Cc2c(Cl)cccc2Cl)no1. The molecule has 0 saturated heterocycles. The van der Waals surface area contributed by atoms with Gasteiger partial charge in [-0.2, -0.15) is 0 Å². The number of benzene rings is 1. The van der Waals surface area contributed by atoms with Crippen LogP contribution >= 0.6 is 23.2 Å². The quantitative estimate of drug-likeness (QED) is 0.873. The standard InChI is InChI=1S/C13H10Cl2N2O2/c1-8-7-12(17-19-8)16-13(18)6-5-9-10(14)3-2-4-11(9)15/h2-7H,1H3,(H,16,17,18). The van der Waals surface area contributed by atoms with Crippen molar-refractivity contribution in [3.63, 3.8) is 0 Å². The average molecular weight is 297 g/mol. The van der Waals surface area contributed by atoms with E-state index < -0.39 is 0 Å². The van der Waals surface area contributed by atoms with Crippen LogP contribution in [0, 0.1) is 6.92 Å². The number of rotatable bonds is 3. The van der Waals surface area contributed by atoms with E-state index in [0.717, 1.165) is 0 Å². The maximum Gasteiger partial charge on any atom is 0.249 e. The van der Waals surface area contributed by atoms with Crippen molar-refractivity contribution >= 4 is 41.0 Å². The van der Waals surface area contributed by atoms with Crippen LogP contribution < -0.4 is 5.32 Å². The van der Waals surface area contributed by atoms with Crippen molar-refractivity contribution in [1.82, 2.24) is 5.16 Å². The van der Waals surface area contributed by atoms with Gasteiger partial charge in [0.15, 0.2) is 5.82 Å². The van der Waals surface area contributed by atoms with Crippen molar-refractivity contribution in [1.29, 1.82) is 0 Å². The molecule has 0 saturated carbocycles. The summed E-state index contributed by atoms with van der Waals surface area (Å²) in [6, 6.07) is 6.76. The number of carbonyl (C=O) groups is 1. The summed E-state index contributed by atoms with van der Waals surface area (Å²) in [7, 11) is 0. The first-order chi connectivity index (χ1) is 9.06. The maximum atomic E-state index is 11.7. The number of hydrogen-bond acceptors (Lipinski definition) is 3. The minimum Gasteiger partial charge on any atom is -0.360 e. The smallest absolute Gasteiger partial charge is 0.249 e. The zero-order valence-electron chi connectivity index (χ0n) is 9.98. The molecule has 0 radical (unpaired) electrons. The molecule has 98 valence electrons. The molecule has 0 aliphatic heterocycles. The molecule has 2 rings (SSSR count). The number of carbonyl (C=O) groups excluding carboxylic acids is 1. The van der Waals surface area contributed by atoms with E-state index in [0.29, 0.717) is 27.2 Å². The van der Waals surface area contributed by atoms with Gasteiger partial charge in [0.05, 0.1) is 0 Å². The van der Waals surface area contributed by atoms with Gasteiger partial charge in [0.1, 0.15) is 5.76 Å². The third-order valence-corrected chi connectivity index (χ3v) is 2.94. The Hall–Kier alpha value is -1.78. The van der Waals surface area contributed by atoms with E-state index >= 15 is 0 Å². The van der Waals surface area contributed by atoms with E-state index in [9.17, 15) is 4.79 Å². The summed E-state index contributed by atoms with van der Waals surface area (Å²) in [4.78, 5) is 11.7. The summed E-state index contributed by atoms with van der Waals surface area (Å²) in [5.41, 5.74) is 0.595. The number of nitrogens with zero attached hydrogens (tertiary/aromatic N) is 1. The molecule has 6 heteroatoms. The highest BCUT2D eigenvalue weighted by Gasteiger charge is 2.05. The molecule has 0 bridgehead atoms. The van der Waals surface area contributed by atoms with Crippen LogP contribution in [-0.4, -0.2) is 11.1 Å². The van der Waals surface area contributed by atoms with Gasteiger partial charge in [0.25, 0.3) is 0 Å². The highest BCUT2D eigenvalue weighted by Crippen LogP contribution is 2.25. The molecule has 0 fully saturated rings. The Balaban J connectivity index is 2.08. The predicted octanol–water partition coefficient (Wildman–Crippen LogP) is 3.94. The molecule has 1 aromatic carbocycles. The topological polar surface area (TPSA) is 55.1 Å². The van der Waals surface area contributed by atoms with Crippen LogP contribution in [-0.2, 0) is 4.79 Å². The van der Waals surface area contributed by atoms with Crippen molar-refractivity contribution in [2.75, 3.05) is 5.32 Å². The molecule has 0 atom stereocenters. The van der Waals surface area contributed by atoms with E-state index in [1.165, 1.54) is 6.08 Å². The molecule has 0 aliphatic rings. The Labute approximate surface area is 120 Å². The predicted molar refractivity (Wildman–Crippen MR) is 75.4 cm³/mol. The normalized spacial score (nSPS) is 10.9. The summed E-state index contributed by atoms with van der Waals surface area (Å²) in [5.74, 6) is 0.634. The molecule has 0 aliphatic carbocycles. The molecule has 1 amide bonds. The molecule has 19 heavy (non-hydrogen) atoms. The fourth-order valence-electron chi connectivity index (χ4n) is 1.42. The molecule has 2 aromatic rings. The molecule has 4 nitrogen and oxygen atoms in total. The monoisotopic (exact) mass is 296 g/mol. The van der Waals surface area contributed by atoms with Crippen molar-refractivity contribution in [3.8, 4) is 0 Å². The lowest BCUT2D eigenvalue weighted by Crippen LogP contribution is -2.07. The second-order valence-electron chi connectivity index (χ2n) is 3.78. The lowest BCUT2D eigenvalue weighted by molar-refractivity contribution is -0.111. The molecular weight excluding hydrogens is 287 g/mol. The van der Waals surface area contributed by atoms with Gasteiger partial charge >= 0.3 is 0 Å². The van der Waals surface area contributed by atoms with Gasteiger partial charge in [-0.15, -0.1) is 0 Å². The van der Waals surface area contributed by atoms with Gasteiger partial charge in [-0.1, -0.05) is 34.4 Å². The van der Waals surface area contributed by atoms with E-state index in [4.69, 9.17) is 27.7 Å². The summed E-state index contributed by atoms with van der Waals surface area (Å²) < 4.78 is 4.84. The molecule has 1 N–H and O–H groups in total. The lowest BCUT2D eigenvalue weighted by Gasteiger charge is -2.00. The first-order valence-corrected chi connectivity index (χ1v) is 6.18. The molecule has 0 unspecified atom stereocenters. The highest BCUT2D eigenvalue weighted by atomic mass is 35.5. The largest absolute Gasteiger partial charge is 0.360 e. The zero-order chi connectivity index (χ0) is 13.8. The fourth-order valence-corrected chi connectivity index (χ4v) is 1.95. The Morgan fingerprint density at radius 2 is 2.05 bits per heavy atom. The number of aromatic nitrogens is 1. The average Bonchev–Trinajstić information content (AvgIpc) is 2.74. The van der Waals surface area contributed by atoms with Gasteiger partial charge < -0.3 is 9.84 Å². The Kier molecular flexibility index (Phi) is 4.24. The summed E-state index contributed by atoms with van der Waals surface area (Å²) >= 11 is 12.0. The molecule has 1 heterocycles. The van der Waals surface area contributed by atoms with Crippen LogP contribution in [0.5, 0.6) is 0 Å². The number of nitrogens with one attached hydrogen (secondary N) is 1. The van der Waals surface area contributed by atoms with Crippen LogP contribution in [0.1, 0.15) is 11.3 Å². The number of hydrogen-bond donors (Lipinski definition) is 1. The number of aryl methyl sites for hydroxylation is 1. The van der Waals surface area contributed by atoms with Crippen LogP contribution in [0.2, 0.25) is 10.0 Å². The maximum absolute atomic E-state index is 11.7. The van der Waals surface area contributed by atoms with E-state index in [1.807, 2.05) is 0 Å². The summed E-state index contributed by atoms with van der Waals surface area (Å²) in [5, 5.41) is 7.17. The van der Waals surface area contributed by atoms with Crippen LogP contribution in [0.15, 0.2) is 34.9 Å². The summed E-state index contributed by atoms with van der Waals surface area (Å²) in [6.45, 7) is 1.74.